The van der Waals surface area contributed by atoms with Gasteiger partial charge in [-0.15, -0.1) is 0 Å². The van der Waals surface area contributed by atoms with Gasteiger partial charge in [0.15, 0.2) is 0 Å². The molecule has 0 unspecified atom stereocenters. The topological polar surface area (TPSA) is 78.4 Å². The lowest BCUT2D eigenvalue weighted by molar-refractivity contribution is -0.137. The van der Waals surface area contributed by atoms with Crippen molar-refractivity contribution in [2.75, 3.05) is 13.1 Å². The molecule has 0 fully saturated rings. The molecule has 86 valence electrons. The van der Waals surface area contributed by atoms with Crippen molar-refractivity contribution in [2.24, 2.45) is 0 Å². The maximum atomic E-state index is 11.1. The van der Waals surface area contributed by atoms with Crippen LogP contribution in [0.25, 0.3) is 0 Å². The van der Waals surface area contributed by atoms with E-state index in [9.17, 15) is 9.59 Å². The number of rotatable bonds is 6. The number of benzene rings is 1. The largest absolute Gasteiger partial charge is 0.480 e. The number of carboxylic acids is 1. The molecule has 5 heteroatoms. The van der Waals surface area contributed by atoms with Crippen molar-refractivity contribution in [3.63, 3.8) is 0 Å². The van der Waals surface area contributed by atoms with E-state index in [-0.39, 0.29) is 19.0 Å². The van der Waals surface area contributed by atoms with Crippen molar-refractivity contribution in [1.29, 1.82) is 0 Å². The standard InChI is InChI=1S/C11H14N2O3/c14-10(13-8-11(15)16)7-12-6-9-4-2-1-3-5-9/h1-5,12H,6-8H2,(H,13,14)(H,15,16). The minimum absolute atomic E-state index is 0.113. The fourth-order valence-electron chi connectivity index (χ4n) is 1.15. The first-order valence-corrected chi connectivity index (χ1v) is 4.91. The van der Waals surface area contributed by atoms with Crippen LogP contribution in [0.5, 0.6) is 0 Å². The molecule has 0 aromatic heterocycles. The van der Waals surface area contributed by atoms with Gasteiger partial charge in [-0.3, -0.25) is 9.59 Å². The first kappa shape index (κ1) is 12.2. The number of hydrogen-bond acceptors (Lipinski definition) is 3. The second kappa shape index (κ2) is 6.58. The molecule has 0 bridgehead atoms. The smallest absolute Gasteiger partial charge is 0.322 e. The zero-order chi connectivity index (χ0) is 11.8. The molecule has 16 heavy (non-hydrogen) atoms. The molecular weight excluding hydrogens is 208 g/mol. The Morgan fingerprint density at radius 1 is 1.12 bits per heavy atom. The third-order valence-corrected chi connectivity index (χ3v) is 1.89. The average molecular weight is 222 g/mol. The van der Waals surface area contributed by atoms with Crippen molar-refractivity contribution < 1.29 is 14.7 Å². The number of carbonyl (C=O) groups excluding carboxylic acids is 1. The van der Waals surface area contributed by atoms with Crippen LogP contribution in [0, 0.1) is 0 Å². The zero-order valence-electron chi connectivity index (χ0n) is 8.77. The van der Waals surface area contributed by atoms with Crippen LogP contribution in [0.15, 0.2) is 30.3 Å². The molecule has 0 spiro atoms. The lowest BCUT2D eigenvalue weighted by Crippen LogP contribution is -2.36. The van der Waals surface area contributed by atoms with E-state index in [1.165, 1.54) is 0 Å². The van der Waals surface area contributed by atoms with Gasteiger partial charge in [0.25, 0.3) is 0 Å². The Morgan fingerprint density at radius 2 is 1.81 bits per heavy atom. The molecule has 0 aliphatic carbocycles. The molecule has 1 aromatic rings. The third-order valence-electron chi connectivity index (χ3n) is 1.89. The van der Waals surface area contributed by atoms with Gasteiger partial charge in [0.2, 0.25) is 5.91 Å². The summed E-state index contributed by atoms with van der Waals surface area (Å²) in [4.78, 5) is 21.3. The highest BCUT2D eigenvalue weighted by Crippen LogP contribution is 1.96. The Balaban J connectivity index is 2.16. The van der Waals surface area contributed by atoms with E-state index in [4.69, 9.17) is 5.11 Å². The Hall–Kier alpha value is -1.88. The Bertz CT molecular complexity index is 352. The number of carbonyl (C=O) groups is 2. The molecule has 0 radical (unpaired) electrons. The average Bonchev–Trinajstić information content (AvgIpc) is 2.28. The van der Waals surface area contributed by atoms with Gasteiger partial charge in [0, 0.05) is 6.54 Å². The molecular formula is C11H14N2O3. The summed E-state index contributed by atoms with van der Waals surface area (Å²) >= 11 is 0. The molecule has 0 aliphatic rings. The Morgan fingerprint density at radius 3 is 2.44 bits per heavy atom. The molecule has 5 nitrogen and oxygen atoms in total. The molecule has 0 saturated heterocycles. The van der Waals surface area contributed by atoms with E-state index < -0.39 is 5.97 Å². The summed E-state index contributed by atoms with van der Waals surface area (Å²) in [5, 5.41) is 13.5. The van der Waals surface area contributed by atoms with Crippen LogP contribution in [0.4, 0.5) is 0 Å². The first-order valence-electron chi connectivity index (χ1n) is 4.91. The highest BCUT2D eigenvalue weighted by molar-refractivity contribution is 5.82. The zero-order valence-corrected chi connectivity index (χ0v) is 8.77. The molecule has 0 aliphatic heterocycles. The van der Waals surface area contributed by atoms with Crippen molar-refractivity contribution in [2.45, 2.75) is 6.54 Å². The number of hydrogen-bond donors (Lipinski definition) is 3. The summed E-state index contributed by atoms with van der Waals surface area (Å²) in [6.07, 6.45) is 0. The molecule has 0 atom stereocenters. The highest BCUT2D eigenvalue weighted by atomic mass is 16.4. The van der Waals surface area contributed by atoms with Gasteiger partial charge < -0.3 is 15.7 Å². The van der Waals surface area contributed by atoms with E-state index >= 15 is 0 Å². The van der Waals surface area contributed by atoms with Crippen LogP contribution in [0.2, 0.25) is 0 Å². The van der Waals surface area contributed by atoms with E-state index in [0.29, 0.717) is 6.54 Å². The Kier molecular flexibility index (Phi) is 5.01. The lowest BCUT2D eigenvalue weighted by Gasteiger charge is -2.04. The van der Waals surface area contributed by atoms with Crippen LogP contribution in [-0.4, -0.2) is 30.1 Å². The summed E-state index contributed by atoms with van der Waals surface area (Å²) in [5.74, 6) is -1.37. The molecule has 1 rings (SSSR count). The van der Waals surface area contributed by atoms with Crippen LogP contribution < -0.4 is 10.6 Å². The maximum Gasteiger partial charge on any atom is 0.322 e. The van der Waals surface area contributed by atoms with Gasteiger partial charge in [-0.2, -0.15) is 0 Å². The molecule has 0 saturated carbocycles. The van der Waals surface area contributed by atoms with Crippen molar-refractivity contribution >= 4 is 11.9 Å². The molecule has 3 N–H and O–H groups in total. The minimum atomic E-state index is -1.04. The van der Waals surface area contributed by atoms with Crippen LogP contribution >= 0.6 is 0 Å². The second-order valence-corrected chi connectivity index (χ2v) is 3.26. The maximum absolute atomic E-state index is 11.1. The van der Waals surface area contributed by atoms with Gasteiger partial charge in [-0.05, 0) is 5.56 Å². The predicted octanol–water partition coefficient (Wildman–Crippen LogP) is -0.0230. The van der Waals surface area contributed by atoms with Gasteiger partial charge in [0.1, 0.15) is 6.54 Å². The predicted molar refractivity (Wildman–Crippen MR) is 58.8 cm³/mol. The van der Waals surface area contributed by atoms with Gasteiger partial charge >= 0.3 is 5.97 Å². The molecule has 1 aromatic carbocycles. The minimum Gasteiger partial charge on any atom is -0.480 e. The molecule has 1 amide bonds. The van der Waals surface area contributed by atoms with E-state index in [0.717, 1.165) is 5.56 Å². The lowest BCUT2D eigenvalue weighted by atomic mass is 10.2. The fourth-order valence-corrected chi connectivity index (χ4v) is 1.15. The van der Waals surface area contributed by atoms with Crippen molar-refractivity contribution in [1.82, 2.24) is 10.6 Å². The summed E-state index contributed by atoms with van der Waals surface area (Å²) < 4.78 is 0. The van der Waals surface area contributed by atoms with Crippen LogP contribution in [-0.2, 0) is 16.1 Å². The third kappa shape index (κ3) is 5.11. The van der Waals surface area contributed by atoms with E-state index in [1.807, 2.05) is 30.3 Å². The molecule has 0 heterocycles. The van der Waals surface area contributed by atoms with Crippen molar-refractivity contribution in [3.8, 4) is 0 Å². The quantitative estimate of drug-likeness (QED) is 0.632. The monoisotopic (exact) mass is 222 g/mol. The number of amides is 1. The summed E-state index contributed by atoms with van der Waals surface area (Å²) in [5.41, 5.74) is 1.08. The summed E-state index contributed by atoms with van der Waals surface area (Å²) in [6.45, 7) is 0.357. The number of aliphatic carboxylic acids is 1. The number of nitrogens with one attached hydrogen (secondary N) is 2. The highest BCUT2D eigenvalue weighted by Gasteiger charge is 2.02. The van der Waals surface area contributed by atoms with Crippen LogP contribution in [0.1, 0.15) is 5.56 Å². The summed E-state index contributed by atoms with van der Waals surface area (Å²) in [7, 11) is 0. The van der Waals surface area contributed by atoms with Gasteiger partial charge in [-0.1, -0.05) is 30.3 Å². The van der Waals surface area contributed by atoms with Gasteiger partial charge in [0.05, 0.1) is 6.54 Å². The van der Waals surface area contributed by atoms with Crippen LogP contribution in [0.3, 0.4) is 0 Å². The fraction of sp³-hybridized carbons (Fsp3) is 0.273. The van der Waals surface area contributed by atoms with Crippen molar-refractivity contribution in [3.05, 3.63) is 35.9 Å². The summed E-state index contributed by atoms with van der Waals surface area (Å²) in [6, 6.07) is 9.65. The first-order chi connectivity index (χ1) is 7.68. The second-order valence-electron chi connectivity index (χ2n) is 3.26. The number of carboxylic acid groups (broad SMARTS) is 1. The van der Waals surface area contributed by atoms with Gasteiger partial charge in [-0.25, -0.2) is 0 Å². The Labute approximate surface area is 93.5 Å². The van der Waals surface area contributed by atoms with E-state index in [1.54, 1.807) is 0 Å². The normalized spacial score (nSPS) is 9.75. The van der Waals surface area contributed by atoms with E-state index in [2.05, 4.69) is 10.6 Å². The SMILES string of the molecule is O=C(O)CNC(=O)CNCc1ccccc1.